The van der Waals surface area contributed by atoms with E-state index >= 15 is 0 Å². The van der Waals surface area contributed by atoms with Crippen molar-refractivity contribution in [3.05, 3.63) is 80.0 Å². The number of ether oxygens (including phenoxy) is 1. The average Bonchev–Trinajstić information content (AvgIpc) is 3.52. The monoisotopic (exact) mass is 553 g/mol. The standard InChI is InChI=1S/C27H24ClN3O4S2/c1-4-5-12-35-18-9-6-16(7-10-18)22-21(23(32)25-14(2)29-15(3)36-25)24(33)26(34)31(22)27-30-19-11-8-17(28)13-20(19)37-27/h6-11,13,22,33H,4-5,12H2,1-3H3. The number of aromatic nitrogens is 2. The minimum absolute atomic E-state index is 0.00805. The maximum Gasteiger partial charge on any atom is 0.296 e. The largest absolute Gasteiger partial charge is 0.503 e. The summed E-state index contributed by atoms with van der Waals surface area (Å²) >= 11 is 8.68. The van der Waals surface area contributed by atoms with Crippen molar-refractivity contribution in [2.45, 2.75) is 39.7 Å². The third-order valence-corrected chi connectivity index (χ3v) is 8.39. The maximum atomic E-state index is 13.8. The van der Waals surface area contributed by atoms with E-state index in [1.165, 1.54) is 27.6 Å². The Morgan fingerprint density at radius 2 is 1.89 bits per heavy atom. The summed E-state index contributed by atoms with van der Waals surface area (Å²) < 4.78 is 6.59. The molecule has 0 fully saturated rings. The highest BCUT2D eigenvalue weighted by molar-refractivity contribution is 7.22. The molecule has 10 heteroatoms. The number of aryl methyl sites for hydroxylation is 2. The molecule has 4 aromatic rings. The van der Waals surface area contributed by atoms with E-state index in [2.05, 4.69) is 16.9 Å². The molecule has 2 aromatic carbocycles. The second-order valence-corrected chi connectivity index (χ2v) is 11.3. The molecule has 1 N–H and O–H groups in total. The van der Waals surface area contributed by atoms with Gasteiger partial charge in [-0.1, -0.05) is 48.4 Å². The number of Topliss-reactive ketones (excluding diaryl/α,β-unsaturated/α-hetero) is 1. The van der Waals surface area contributed by atoms with Crippen LogP contribution in [0.25, 0.3) is 10.2 Å². The predicted molar refractivity (Wildman–Crippen MR) is 147 cm³/mol. The van der Waals surface area contributed by atoms with Crippen molar-refractivity contribution in [1.82, 2.24) is 9.97 Å². The van der Waals surface area contributed by atoms with Gasteiger partial charge in [-0.15, -0.1) is 11.3 Å². The van der Waals surface area contributed by atoms with Gasteiger partial charge in [-0.05, 0) is 56.2 Å². The Balaban J connectivity index is 1.61. The van der Waals surface area contributed by atoms with Crippen LogP contribution >= 0.6 is 34.3 Å². The van der Waals surface area contributed by atoms with Crippen LogP contribution < -0.4 is 9.64 Å². The van der Waals surface area contributed by atoms with Crippen molar-refractivity contribution in [2.75, 3.05) is 11.5 Å². The van der Waals surface area contributed by atoms with Crippen molar-refractivity contribution < 1.29 is 19.4 Å². The lowest BCUT2D eigenvalue weighted by Crippen LogP contribution is -2.31. The molecule has 37 heavy (non-hydrogen) atoms. The molecule has 190 valence electrons. The first-order valence-corrected chi connectivity index (χ1v) is 13.8. The van der Waals surface area contributed by atoms with Crippen LogP contribution in [0.1, 0.15) is 51.7 Å². The van der Waals surface area contributed by atoms with Gasteiger partial charge in [-0.3, -0.25) is 14.5 Å². The molecule has 0 radical (unpaired) electrons. The zero-order valence-electron chi connectivity index (χ0n) is 20.4. The molecule has 0 bridgehead atoms. The minimum atomic E-state index is -0.873. The summed E-state index contributed by atoms with van der Waals surface area (Å²) in [6, 6.07) is 11.7. The molecule has 1 unspecified atom stereocenters. The van der Waals surface area contributed by atoms with Crippen LogP contribution in [0.2, 0.25) is 5.02 Å². The molecule has 0 aliphatic carbocycles. The fourth-order valence-electron chi connectivity index (χ4n) is 4.28. The molecule has 1 atom stereocenters. The first-order valence-electron chi connectivity index (χ1n) is 11.8. The van der Waals surface area contributed by atoms with E-state index in [4.69, 9.17) is 16.3 Å². The van der Waals surface area contributed by atoms with Gasteiger partial charge in [0.1, 0.15) is 5.75 Å². The number of halogens is 1. The van der Waals surface area contributed by atoms with Gasteiger partial charge in [0.15, 0.2) is 10.9 Å². The normalized spacial score (nSPS) is 15.7. The van der Waals surface area contributed by atoms with Crippen molar-refractivity contribution >= 4 is 61.3 Å². The number of rotatable bonds is 8. The summed E-state index contributed by atoms with van der Waals surface area (Å²) in [7, 11) is 0. The van der Waals surface area contributed by atoms with Gasteiger partial charge in [-0.2, -0.15) is 0 Å². The Morgan fingerprint density at radius 1 is 1.14 bits per heavy atom. The highest BCUT2D eigenvalue weighted by Crippen LogP contribution is 2.45. The van der Waals surface area contributed by atoms with Crippen LogP contribution in [-0.2, 0) is 4.79 Å². The van der Waals surface area contributed by atoms with Gasteiger partial charge in [-0.25, -0.2) is 9.97 Å². The Morgan fingerprint density at radius 3 is 2.57 bits per heavy atom. The fraction of sp³-hybridized carbons (Fsp3) is 0.259. The molecule has 1 aliphatic heterocycles. The lowest BCUT2D eigenvalue weighted by molar-refractivity contribution is -0.117. The average molecular weight is 554 g/mol. The minimum Gasteiger partial charge on any atom is -0.503 e. The molecule has 0 spiro atoms. The first kappa shape index (κ1) is 25.4. The number of benzene rings is 2. The van der Waals surface area contributed by atoms with Crippen LogP contribution in [0, 0.1) is 13.8 Å². The fourth-order valence-corrected chi connectivity index (χ4v) is 6.43. The predicted octanol–water partition coefficient (Wildman–Crippen LogP) is 6.98. The van der Waals surface area contributed by atoms with Crippen LogP contribution in [0.5, 0.6) is 5.75 Å². The third kappa shape index (κ3) is 4.74. The topological polar surface area (TPSA) is 92.6 Å². The number of fused-ring (bicyclic) bond motifs is 1. The number of aliphatic hydroxyl groups is 1. The highest BCUT2D eigenvalue weighted by Gasteiger charge is 2.46. The van der Waals surface area contributed by atoms with E-state index < -0.39 is 23.5 Å². The summed E-state index contributed by atoms with van der Waals surface area (Å²) in [4.78, 5) is 38.0. The van der Waals surface area contributed by atoms with Gasteiger partial charge in [0.05, 0.1) is 44.0 Å². The van der Waals surface area contributed by atoms with Gasteiger partial charge in [0, 0.05) is 5.02 Å². The lowest BCUT2D eigenvalue weighted by Gasteiger charge is -2.24. The van der Waals surface area contributed by atoms with Crippen molar-refractivity contribution in [3.8, 4) is 5.75 Å². The number of hydrogen-bond acceptors (Lipinski definition) is 8. The van der Waals surface area contributed by atoms with E-state index in [0.29, 0.717) is 44.2 Å². The van der Waals surface area contributed by atoms with Gasteiger partial charge in [0.2, 0.25) is 5.78 Å². The van der Waals surface area contributed by atoms with E-state index in [1.807, 2.05) is 31.2 Å². The molecule has 0 saturated carbocycles. The number of thiazole rings is 2. The smallest absolute Gasteiger partial charge is 0.296 e. The number of nitrogens with zero attached hydrogens (tertiary/aromatic N) is 3. The summed E-state index contributed by atoms with van der Waals surface area (Å²) in [6.07, 6.45) is 1.97. The SMILES string of the molecule is CCCCOc1ccc(C2C(C(=O)c3sc(C)nc3C)=C(O)C(=O)N2c2nc3ccc(Cl)cc3s2)cc1. The molecule has 0 saturated heterocycles. The maximum absolute atomic E-state index is 13.8. The Hall–Kier alpha value is -3.27. The zero-order chi connectivity index (χ0) is 26.3. The van der Waals surface area contributed by atoms with Crippen LogP contribution in [0.3, 0.4) is 0 Å². The van der Waals surface area contributed by atoms with Crippen molar-refractivity contribution in [1.29, 1.82) is 0 Å². The second-order valence-electron chi connectivity index (χ2n) is 8.70. The molecule has 5 rings (SSSR count). The first-order chi connectivity index (χ1) is 17.8. The Kier molecular flexibility index (Phi) is 7.02. The van der Waals surface area contributed by atoms with E-state index in [1.54, 1.807) is 25.1 Å². The van der Waals surface area contributed by atoms with Gasteiger partial charge < -0.3 is 9.84 Å². The van der Waals surface area contributed by atoms with E-state index in [-0.39, 0.29) is 5.57 Å². The summed E-state index contributed by atoms with van der Waals surface area (Å²) in [6.45, 7) is 6.26. The zero-order valence-corrected chi connectivity index (χ0v) is 22.8. The lowest BCUT2D eigenvalue weighted by atomic mass is 9.95. The van der Waals surface area contributed by atoms with Crippen molar-refractivity contribution in [3.63, 3.8) is 0 Å². The second kappa shape index (κ2) is 10.2. The van der Waals surface area contributed by atoms with E-state index in [0.717, 1.165) is 22.5 Å². The number of carbonyl (C=O) groups excluding carboxylic acids is 2. The molecule has 7 nitrogen and oxygen atoms in total. The number of unbranched alkanes of at least 4 members (excludes halogenated alkanes) is 1. The molecule has 1 amide bonds. The molecule has 3 heterocycles. The van der Waals surface area contributed by atoms with Gasteiger partial charge >= 0.3 is 0 Å². The molecule has 1 aliphatic rings. The van der Waals surface area contributed by atoms with Crippen LogP contribution in [-0.4, -0.2) is 33.4 Å². The third-order valence-electron chi connectivity index (χ3n) is 6.07. The van der Waals surface area contributed by atoms with Crippen LogP contribution in [0.4, 0.5) is 5.13 Å². The molecule has 2 aromatic heterocycles. The van der Waals surface area contributed by atoms with Crippen LogP contribution in [0.15, 0.2) is 53.8 Å². The number of hydrogen-bond donors (Lipinski definition) is 1. The highest BCUT2D eigenvalue weighted by atomic mass is 35.5. The number of amides is 1. The summed E-state index contributed by atoms with van der Waals surface area (Å²) in [5, 5.41) is 12.7. The van der Waals surface area contributed by atoms with Crippen molar-refractivity contribution in [2.24, 2.45) is 0 Å². The van der Waals surface area contributed by atoms with Gasteiger partial charge in [0.25, 0.3) is 5.91 Å². The Labute approximate surface area is 227 Å². The summed E-state index contributed by atoms with van der Waals surface area (Å²) in [5.74, 6) is -0.992. The number of aliphatic hydroxyl groups excluding tert-OH is 1. The summed E-state index contributed by atoms with van der Waals surface area (Å²) in [5.41, 5.74) is 1.89. The quantitative estimate of drug-likeness (QED) is 0.187. The number of anilines is 1. The number of ketones is 1. The number of carbonyl (C=O) groups is 2. The Bertz CT molecular complexity index is 1540. The van der Waals surface area contributed by atoms with E-state index in [9.17, 15) is 14.7 Å². The molecular weight excluding hydrogens is 530 g/mol. The molecular formula is C27H24ClN3O4S2.